The van der Waals surface area contributed by atoms with Gasteiger partial charge in [-0.1, -0.05) is 18.2 Å². The Bertz CT molecular complexity index is 941. The lowest BCUT2D eigenvalue weighted by Gasteiger charge is -2.11. The number of ether oxygens (including phenoxy) is 1. The number of nitrogens with zero attached hydrogens (tertiary/aromatic N) is 2. The monoisotopic (exact) mass is 348 g/mol. The van der Waals surface area contributed by atoms with Crippen LogP contribution in [0.2, 0.25) is 0 Å². The van der Waals surface area contributed by atoms with E-state index in [0.29, 0.717) is 17.3 Å². The Kier molecular flexibility index (Phi) is 5.12. The quantitative estimate of drug-likeness (QED) is 0.640. The Morgan fingerprint density at radius 3 is 2.42 bits per heavy atom. The van der Waals surface area contributed by atoms with Crippen molar-refractivity contribution in [1.29, 1.82) is 0 Å². The highest BCUT2D eigenvalue weighted by atomic mass is 16.5. The van der Waals surface area contributed by atoms with Gasteiger partial charge in [-0.05, 0) is 38.1 Å². The molecule has 6 heteroatoms. The lowest BCUT2D eigenvalue weighted by molar-refractivity contribution is 0.101. The summed E-state index contributed by atoms with van der Waals surface area (Å²) in [4.78, 5) is 20.5. The van der Waals surface area contributed by atoms with Gasteiger partial charge in [0.2, 0.25) is 5.95 Å². The second-order valence-electron chi connectivity index (χ2n) is 5.84. The Morgan fingerprint density at radius 2 is 1.69 bits per heavy atom. The lowest BCUT2D eigenvalue weighted by Crippen LogP contribution is -2.03. The summed E-state index contributed by atoms with van der Waals surface area (Å²) >= 11 is 0. The highest BCUT2D eigenvalue weighted by Crippen LogP contribution is 2.22. The summed E-state index contributed by atoms with van der Waals surface area (Å²) in [5, 5.41) is 6.40. The van der Waals surface area contributed by atoms with Crippen LogP contribution in [0.5, 0.6) is 5.75 Å². The number of rotatable bonds is 6. The van der Waals surface area contributed by atoms with Crippen LogP contribution in [0.25, 0.3) is 0 Å². The molecule has 3 rings (SSSR count). The molecule has 6 nitrogen and oxygen atoms in total. The lowest BCUT2D eigenvalue weighted by atomic mass is 10.1. The van der Waals surface area contributed by atoms with Crippen molar-refractivity contribution in [3.8, 4) is 5.75 Å². The first-order chi connectivity index (χ1) is 12.5. The predicted octanol–water partition coefficient (Wildman–Crippen LogP) is 4.48. The number of Topliss-reactive ketones (excluding diaryl/α,β-unsaturated/α-hetero) is 1. The molecule has 0 aliphatic rings. The van der Waals surface area contributed by atoms with Crippen molar-refractivity contribution in [3.05, 3.63) is 65.9 Å². The summed E-state index contributed by atoms with van der Waals surface area (Å²) in [7, 11) is 1.62. The molecule has 0 unspecified atom stereocenters. The van der Waals surface area contributed by atoms with Gasteiger partial charge >= 0.3 is 0 Å². The maximum absolute atomic E-state index is 11.5. The Hall–Kier alpha value is -3.41. The number of hydrogen-bond donors (Lipinski definition) is 2. The predicted molar refractivity (Wildman–Crippen MR) is 103 cm³/mol. The van der Waals surface area contributed by atoms with E-state index in [0.717, 1.165) is 22.8 Å². The zero-order chi connectivity index (χ0) is 18.5. The fraction of sp³-hybridized carbons (Fsp3) is 0.150. The molecule has 26 heavy (non-hydrogen) atoms. The number of methoxy groups -OCH3 is 1. The molecule has 0 saturated heterocycles. The van der Waals surface area contributed by atoms with Crippen LogP contribution in [0.15, 0.2) is 54.6 Å². The Morgan fingerprint density at radius 1 is 0.962 bits per heavy atom. The summed E-state index contributed by atoms with van der Waals surface area (Å²) in [6.45, 7) is 3.44. The van der Waals surface area contributed by atoms with Crippen molar-refractivity contribution >= 4 is 28.9 Å². The number of anilines is 4. The first-order valence-electron chi connectivity index (χ1n) is 8.18. The first kappa shape index (κ1) is 17.4. The second-order valence-corrected chi connectivity index (χ2v) is 5.84. The van der Waals surface area contributed by atoms with Crippen LogP contribution >= 0.6 is 0 Å². The molecule has 0 aliphatic heterocycles. The van der Waals surface area contributed by atoms with Crippen molar-refractivity contribution in [2.75, 3.05) is 17.7 Å². The Balaban J connectivity index is 1.83. The van der Waals surface area contributed by atoms with Crippen LogP contribution in [0.4, 0.5) is 23.1 Å². The van der Waals surface area contributed by atoms with Crippen LogP contribution < -0.4 is 15.4 Å². The molecule has 0 bridgehead atoms. The van der Waals surface area contributed by atoms with Gasteiger partial charge in [-0.15, -0.1) is 0 Å². The zero-order valence-corrected chi connectivity index (χ0v) is 14.9. The van der Waals surface area contributed by atoms with Crippen LogP contribution in [0, 0.1) is 6.92 Å². The largest absolute Gasteiger partial charge is 0.497 e. The molecular formula is C20H20N4O2. The number of carbonyl (C=O) groups excluding carboxylic acids is 1. The van der Waals surface area contributed by atoms with E-state index in [4.69, 9.17) is 4.74 Å². The van der Waals surface area contributed by atoms with Gasteiger partial charge in [-0.3, -0.25) is 4.79 Å². The van der Waals surface area contributed by atoms with E-state index in [1.165, 1.54) is 0 Å². The maximum Gasteiger partial charge on any atom is 0.229 e. The number of carbonyl (C=O) groups is 1. The molecule has 0 saturated carbocycles. The molecule has 0 amide bonds. The summed E-state index contributed by atoms with van der Waals surface area (Å²) in [6, 6.07) is 16.7. The molecule has 2 N–H and O–H groups in total. The minimum Gasteiger partial charge on any atom is -0.497 e. The van der Waals surface area contributed by atoms with E-state index >= 15 is 0 Å². The molecule has 1 heterocycles. The van der Waals surface area contributed by atoms with Gasteiger partial charge in [0.1, 0.15) is 11.6 Å². The van der Waals surface area contributed by atoms with Gasteiger partial charge in [0.15, 0.2) is 5.78 Å². The van der Waals surface area contributed by atoms with E-state index in [-0.39, 0.29) is 5.78 Å². The highest BCUT2D eigenvalue weighted by Gasteiger charge is 2.06. The third kappa shape index (κ3) is 4.36. The van der Waals surface area contributed by atoms with Crippen LogP contribution in [-0.4, -0.2) is 22.9 Å². The molecule has 0 radical (unpaired) electrons. The van der Waals surface area contributed by atoms with Gasteiger partial charge < -0.3 is 15.4 Å². The third-order valence-corrected chi connectivity index (χ3v) is 3.72. The molecule has 3 aromatic rings. The van der Waals surface area contributed by atoms with E-state index in [1.54, 1.807) is 26.2 Å². The number of ketones is 1. The molecule has 132 valence electrons. The van der Waals surface area contributed by atoms with Gasteiger partial charge in [0.05, 0.1) is 7.11 Å². The van der Waals surface area contributed by atoms with E-state index in [2.05, 4.69) is 20.6 Å². The summed E-state index contributed by atoms with van der Waals surface area (Å²) in [5.41, 5.74) is 3.09. The van der Waals surface area contributed by atoms with E-state index in [1.807, 2.05) is 49.4 Å². The fourth-order valence-corrected chi connectivity index (χ4v) is 2.48. The second kappa shape index (κ2) is 7.65. The van der Waals surface area contributed by atoms with Crippen LogP contribution in [0.1, 0.15) is 23.0 Å². The number of aryl methyl sites for hydroxylation is 1. The minimum absolute atomic E-state index is 0.0212. The standard InChI is InChI=1S/C20H20N4O2/c1-13-10-19(22-16-7-4-6-15(11-16)14(2)25)24-20(21-13)23-17-8-5-9-18(12-17)26-3/h4-12H,1-3H3,(H2,21,22,23,24). The summed E-state index contributed by atoms with van der Waals surface area (Å²) in [5.74, 6) is 1.89. The van der Waals surface area contributed by atoms with Gasteiger partial charge in [0, 0.05) is 34.8 Å². The molecule has 2 aromatic carbocycles. The number of hydrogen-bond acceptors (Lipinski definition) is 6. The first-order valence-corrected chi connectivity index (χ1v) is 8.18. The average molecular weight is 348 g/mol. The summed E-state index contributed by atoms with van der Waals surface area (Å²) < 4.78 is 5.23. The molecular weight excluding hydrogens is 328 g/mol. The SMILES string of the molecule is COc1cccc(Nc2nc(C)cc(Nc3cccc(C(C)=O)c3)n2)c1. The van der Waals surface area contributed by atoms with Crippen molar-refractivity contribution in [3.63, 3.8) is 0 Å². The van der Waals surface area contributed by atoms with Gasteiger partial charge in [-0.2, -0.15) is 4.98 Å². The molecule has 0 aliphatic carbocycles. The van der Waals surface area contributed by atoms with Crippen LogP contribution in [-0.2, 0) is 0 Å². The molecule has 0 atom stereocenters. The zero-order valence-electron chi connectivity index (χ0n) is 14.9. The van der Waals surface area contributed by atoms with Crippen molar-refractivity contribution in [1.82, 2.24) is 9.97 Å². The smallest absolute Gasteiger partial charge is 0.229 e. The highest BCUT2D eigenvalue weighted by molar-refractivity contribution is 5.95. The number of nitrogens with one attached hydrogen (secondary N) is 2. The average Bonchev–Trinajstić information content (AvgIpc) is 2.61. The normalized spacial score (nSPS) is 10.3. The third-order valence-electron chi connectivity index (χ3n) is 3.72. The maximum atomic E-state index is 11.5. The van der Waals surface area contributed by atoms with Crippen LogP contribution in [0.3, 0.4) is 0 Å². The van der Waals surface area contributed by atoms with Gasteiger partial charge in [0.25, 0.3) is 0 Å². The fourth-order valence-electron chi connectivity index (χ4n) is 2.48. The summed E-state index contributed by atoms with van der Waals surface area (Å²) in [6.07, 6.45) is 0. The van der Waals surface area contributed by atoms with Crippen molar-refractivity contribution in [2.45, 2.75) is 13.8 Å². The van der Waals surface area contributed by atoms with E-state index < -0.39 is 0 Å². The van der Waals surface area contributed by atoms with Gasteiger partial charge in [-0.25, -0.2) is 4.98 Å². The number of aromatic nitrogens is 2. The van der Waals surface area contributed by atoms with E-state index in [9.17, 15) is 4.79 Å². The molecule has 0 spiro atoms. The Labute approximate surface area is 152 Å². The molecule has 1 aromatic heterocycles. The number of benzene rings is 2. The topological polar surface area (TPSA) is 76.1 Å². The van der Waals surface area contributed by atoms with Crippen molar-refractivity contribution in [2.24, 2.45) is 0 Å². The molecule has 0 fully saturated rings. The van der Waals surface area contributed by atoms with Crippen molar-refractivity contribution < 1.29 is 9.53 Å². The minimum atomic E-state index is 0.0212.